The van der Waals surface area contributed by atoms with Gasteiger partial charge in [-0.25, -0.2) is 0 Å². The zero-order chi connectivity index (χ0) is 12.9. The van der Waals surface area contributed by atoms with E-state index >= 15 is 0 Å². The van der Waals surface area contributed by atoms with Crippen LogP contribution in [0.25, 0.3) is 5.65 Å². The number of hydrogen-bond donors (Lipinski definition) is 1. The molecule has 4 nitrogen and oxygen atoms in total. The number of thioether (sulfide) groups is 1. The third-order valence-corrected chi connectivity index (χ3v) is 3.66. The van der Waals surface area contributed by atoms with Crippen LogP contribution in [0, 0.1) is 0 Å². The number of para-hydroxylation sites is 1. The molecular weight excluding hydrogens is 256 g/mol. The Morgan fingerprint density at radius 1 is 1.00 bits per heavy atom. The van der Waals surface area contributed by atoms with Crippen LogP contribution in [0.15, 0.2) is 59.9 Å². The summed E-state index contributed by atoms with van der Waals surface area (Å²) in [4.78, 5) is 0. The SMILES string of the molecule is c1ccc(NCCSc2nnc3ccccn23)cc1. The van der Waals surface area contributed by atoms with Crippen LogP contribution in [0.2, 0.25) is 0 Å². The molecule has 0 unspecified atom stereocenters. The molecule has 0 aliphatic rings. The molecule has 0 radical (unpaired) electrons. The van der Waals surface area contributed by atoms with Crippen LogP contribution >= 0.6 is 11.8 Å². The Morgan fingerprint density at radius 3 is 2.74 bits per heavy atom. The molecular formula is C14H14N4S. The molecule has 3 aromatic rings. The highest BCUT2D eigenvalue weighted by atomic mass is 32.2. The fourth-order valence-electron chi connectivity index (χ4n) is 1.81. The molecule has 0 aliphatic heterocycles. The van der Waals surface area contributed by atoms with E-state index in [-0.39, 0.29) is 0 Å². The van der Waals surface area contributed by atoms with Crippen LogP contribution in [-0.4, -0.2) is 26.9 Å². The Hall–Kier alpha value is -2.01. The molecule has 3 rings (SSSR count). The van der Waals surface area contributed by atoms with E-state index in [1.165, 1.54) is 0 Å². The standard InChI is InChI=1S/C14H14N4S/c1-2-6-12(7-3-1)15-9-11-19-14-17-16-13-8-4-5-10-18(13)14/h1-8,10,15H,9,11H2. The average molecular weight is 270 g/mol. The maximum absolute atomic E-state index is 4.19. The van der Waals surface area contributed by atoms with E-state index < -0.39 is 0 Å². The predicted octanol–water partition coefficient (Wildman–Crippen LogP) is 2.93. The second-order valence-corrected chi connectivity index (χ2v) is 5.11. The highest BCUT2D eigenvalue weighted by Crippen LogP contribution is 2.16. The first-order chi connectivity index (χ1) is 9.43. The van der Waals surface area contributed by atoms with Crippen LogP contribution in [0.3, 0.4) is 0 Å². The lowest BCUT2D eigenvalue weighted by Gasteiger charge is -2.04. The zero-order valence-corrected chi connectivity index (χ0v) is 11.2. The Morgan fingerprint density at radius 2 is 1.84 bits per heavy atom. The van der Waals surface area contributed by atoms with Gasteiger partial charge in [0.15, 0.2) is 10.8 Å². The number of anilines is 1. The van der Waals surface area contributed by atoms with Gasteiger partial charge in [-0.3, -0.25) is 4.40 Å². The lowest BCUT2D eigenvalue weighted by Crippen LogP contribution is -2.04. The minimum absolute atomic E-state index is 0.890. The van der Waals surface area contributed by atoms with Crippen LogP contribution in [0.4, 0.5) is 5.69 Å². The zero-order valence-electron chi connectivity index (χ0n) is 10.4. The maximum atomic E-state index is 4.19. The van der Waals surface area contributed by atoms with Gasteiger partial charge in [0.05, 0.1) is 0 Å². The van der Waals surface area contributed by atoms with E-state index in [0.29, 0.717) is 0 Å². The molecule has 0 saturated heterocycles. The Kier molecular flexibility index (Phi) is 3.65. The molecule has 19 heavy (non-hydrogen) atoms. The second-order valence-electron chi connectivity index (χ2n) is 4.05. The molecule has 0 aliphatic carbocycles. The average Bonchev–Trinajstić information content (AvgIpc) is 2.88. The maximum Gasteiger partial charge on any atom is 0.195 e. The van der Waals surface area contributed by atoms with Gasteiger partial charge < -0.3 is 5.32 Å². The lowest BCUT2D eigenvalue weighted by atomic mass is 10.3. The highest BCUT2D eigenvalue weighted by Gasteiger charge is 2.04. The molecule has 0 spiro atoms. The molecule has 1 aromatic carbocycles. The van der Waals surface area contributed by atoms with Crippen molar-refractivity contribution >= 4 is 23.1 Å². The summed E-state index contributed by atoms with van der Waals surface area (Å²) in [5.74, 6) is 0.949. The van der Waals surface area contributed by atoms with Crippen LogP contribution in [0.5, 0.6) is 0 Å². The summed E-state index contributed by atoms with van der Waals surface area (Å²) >= 11 is 1.70. The minimum atomic E-state index is 0.890. The van der Waals surface area contributed by atoms with Crippen molar-refractivity contribution in [2.75, 3.05) is 17.6 Å². The van der Waals surface area contributed by atoms with Gasteiger partial charge in [0, 0.05) is 24.2 Å². The molecule has 1 N–H and O–H groups in total. The van der Waals surface area contributed by atoms with E-state index in [9.17, 15) is 0 Å². The minimum Gasteiger partial charge on any atom is -0.384 e. The Balaban J connectivity index is 1.55. The molecule has 0 fully saturated rings. The number of fused-ring (bicyclic) bond motifs is 1. The van der Waals surface area contributed by atoms with Crippen molar-refractivity contribution in [2.45, 2.75) is 5.16 Å². The van der Waals surface area contributed by atoms with Crippen LogP contribution in [0.1, 0.15) is 0 Å². The molecule has 5 heteroatoms. The quantitative estimate of drug-likeness (QED) is 0.572. The van der Waals surface area contributed by atoms with Gasteiger partial charge in [-0.05, 0) is 24.3 Å². The van der Waals surface area contributed by atoms with Crippen molar-refractivity contribution in [1.82, 2.24) is 14.6 Å². The predicted molar refractivity (Wildman–Crippen MR) is 78.6 cm³/mol. The van der Waals surface area contributed by atoms with Gasteiger partial charge in [-0.2, -0.15) is 0 Å². The third-order valence-electron chi connectivity index (χ3n) is 2.72. The summed E-state index contributed by atoms with van der Waals surface area (Å²) in [6, 6.07) is 16.1. The number of rotatable bonds is 5. The van der Waals surface area contributed by atoms with Crippen molar-refractivity contribution in [3.05, 3.63) is 54.7 Å². The Bertz CT molecular complexity index is 651. The van der Waals surface area contributed by atoms with Crippen molar-refractivity contribution in [1.29, 1.82) is 0 Å². The fourth-order valence-corrected chi connectivity index (χ4v) is 2.59. The number of benzene rings is 1. The summed E-state index contributed by atoms with van der Waals surface area (Å²) < 4.78 is 2.01. The molecule has 0 atom stereocenters. The van der Waals surface area contributed by atoms with Crippen molar-refractivity contribution in [2.24, 2.45) is 0 Å². The molecule has 0 saturated carbocycles. The van der Waals surface area contributed by atoms with E-state index in [0.717, 1.165) is 28.8 Å². The first kappa shape index (κ1) is 12.0. The molecule has 0 bridgehead atoms. The molecule has 2 heterocycles. The topological polar surface area (TPSA) is 42.2 Å². The van der Waals surface area contributed by atoms with E-state index in [1.54, 1.807) is 11.8 Å². The number of pyridine rings is 1. The van der Waals surface area contributed by atoms with Gasteiger partial charge in [0.2, 0.25) is 0 Å². The van der Waals surface area contributed by atoms with Crippen LogP contribution in [-0.2, 0) is 0 Å². The van der Waals surface area contributed by atoms with Crippen molar-refractivity contribution in [3.8, 4) is 0 Å². The fraction of sp³-hybridized carbons (Fsp3) is 0.143. The third kappa shape index (κ3) is 2.88. The number of nitrogens with one attached hydrogen (secondary N) is 1. The smallest absolute Gasteiger partial charge is 0.195 e. The molecule has 96 valence electrons. The molecule has 2 aromatic heterocycles. The van der Waals surface area contributed by atoms with E-state index in [2.05, 4.69) is 27.6 Å². The van der Waals surface area contributed by atoms with Gasteiger partial charge >= 0.3 is 0 Å². The van der Waals surface area contributed by atoms with Crippen molar-refractivity contribution in [3.63, 3.8) is 0 Å². The lowest BCUT2D eigenvalue weighted by molar-refractivity contribution is 0.921. The summed E-state index contributed by atoms with van der Waals surface area (Å²) in [6.45, 7) is 0.899. The Labute approximate surface area is 115 Å². The molecule has 0 amide bonds. The van der Waals surface area contributed by atoms with E-state index in [1.807, 2.05) is 47.0 Å². The largest absolute Gasteiger partial charge is 0.384 e. The number of aromatic nitrogens is 3. The summed E-state index contributed by atoms with van der Waals surface area (Å²) in [5, 5.41) is 12.6. The first-order valence-electron chi connectivity index (χ1n) is 6.15. The first-order valence-corrected chi connectivity index (χ1v) is 7.13. The normalized spacial score (nSPS) is 10.7. The van der Waals surface area contributed by atoms with Crippen LogP contribution < -0.4 is 5.32 Å². The highest BCUT2D eigenvalue weighted by molar-refractivity contribution is 7.99. The van der Waals surface area contributed by atoms with Gasteiger partial charge in [-0.15, -0.1) is 10.2 Å². The van der Waals surface area contributed by atoms with Gasteiger partial charge in [-0.1, -0.05) is 36.0 Å². The monoisotopic (exact) mass is 270 g/mol. The second kappa shape index (κ2) is 5.75. The summed E-state index contributed by atoms with van der Waals surface area (Å²) in [6.07, 6.45) is 1.99. The van der Waals surface area contributed by atoms with Gasteiger partial charge in [0.1, 0.15) is 0 Å². The summed E-state index contributed by atoms with van der Waals surface area (Å²) in [7, 11) is 0. The van der Waals surface area contributed by atoms with Gasteiger partial charge in [0.25, 0.3) is 0 Å². The number of nitrogens with zero attached hydrogens (tertiary/aromatic N) is 3. The number of hydrogen-bond acceptors (Lipinski definition) is 4. The van der Waals surface area contributed by atoms with E-state index in [4.69, 9.17) is 0 Å². The van der Waals surface area contributed by atoms with Crippen molar-refractivity contribution < 1.29 is 0 Å². The summed E-state index contributed by atoms with van der Waals surface area (Å²) in [5.41, 5.74) is 2.04.